The van der Waals surface area contributed by atoms with E-state index in [0.29, 0.717) is 0 Å². The van der Waals surface area contributed by atoms with Crippen LogP contribution in [-0.2, 0) is 0 Å². The van der Waals surface area contributed by atoms with E-state index in [1.165, 1.54) is 12.1 Å². The Balaban J connectivity index is 3.19. The Morgan fingerprint density at radius 3 is 2.55 bits per heavy atom. The number of hydrogen-bond donors (Lipinski definition) is 0. The van der Waals surface area contributed by atoms with Crippen LogP contribution in [0.15, 0.2) is 29.3 Å². The van der Waals surface area contributed by atoms with Crippen molar-refractivity contribution in [1.82, 2.24) is 0 Å². The largest absolute Gasteiger partial charge is 0.207 e. The van der Waals surface area contributed by atoms with E-state index in [0.717, 1.165) is 15.6 Å². The van der Waals surface area contributed by atoms with Crippen LogP contribution in [0.25, 0.3) is 5.57 Å². The average molecular weight is 215 g/mol. The van der Waals surface area contributed by atoms with Gasteiger partial charge in [-0.3, -0.25) is 0 Å². The molecule has 0 aromatic heterocycles. The maximum Gasteiger partial charge on any atom is 0.124 e. The number of hydrogen-bond acceptors (Lipinski definition) is 0. The lowest BCUT2D eigenvalue weighted by atomic mass is 10.1. The first kappa shape index (κ1) is 8.47. The Bertz CT molecular complexity index is 271. The Kier molecular flexibility index (Phi) is 2.45. The van der Waals surface area contributed by atoms with Crippen molar-refractivity contribution < 1.29 is 4.39 Å². The molecule has 1 rings (SSSR count). The Hall–Kier alpha value is -0.630. The first-order valence-electron chi connectivity index (χ1n) is 3.21. The third-order valence-electron chi connectivity index (χ3n) is 1.36. The lowest BCUT2D eigenvalue weighted by Gasteiger charge is -1.99. The van der Waals surface area contributed by atoms with Gasteiger partial charge < -0.3 is 0 Å². The topological polar surface area (TPSA) is 0 Å². The Labute approximate surface area is 73.9 Å². The van der Waals surface area contributed by atoms with E-state index in [-0.39, 0.29) is 5.82 Å². The molecule has 1 aromatic carbocycles. The predicted octanol–water partition coefficient (Wildman–Crippen LogP) is 3.62. The van der Waals surface area contributed by atoms with Crippen molar-refractivity contribution in [2.75, 3.05) is 0 Å². The molecule has 0 bridgehead atoms. The normalized spacial score (nSPS) is 9.73. The highest BCUT2D eigenvalue weighted by Gasteiger charge is 1.98. The zero-order chi connectivity index (χ0) is 8.43. The van der Waals surface area contributed by atoms with Gasteiger partial charge in [0.05, 0.1) is 0 Å². The summed E-state index contributed by atoms with van der Waals surface area (Å²) in [5, 5.41) is 0. The van der Waals surface area contributed by atoms with Crippen molar-refractivity contribution >= 4 is 21.5 Å². The fraction of sp³-hybridized carbons (Fsp3) is 0.111. The van der Waals surface area contributed by atoms with Gasteiger partial charge in [-0.25, -0.2) is 4.39 Å². The van der Waals surface area contributed by atoms with E-state index >= 15 is 0 Å². The molecule has 0 saturated carbocycles. The van der Waals surface area contributed by atoms with Gasteiger partial charge in [0.2, 0.25) is 0 Å². The molecule has 0 aliphatic carbocycles. The first-order chi connectivity index (χ1) is 5.09. The van der Waals surface area contributed by atoms with E-state index < -0.39 is 0 Å². The van der Waals surface area contributed by atoms with Gasteiger partial charge in [0.15, 0.2) is 0 Å². The number of allylic oxidation sites excluding steroid dienone is 1. The molecule has 2 heteroatoms. The molecule has 0 aliphatic rings. The van der Waals surface area contributed by atoms with Crippen LogP contribution in [0.2, 0.25) is 0 Å². The van der Waals surface area contributed by atoms with E-state index in [1.807, 2.05) is 13.0 Å². The molecule has 11 heavy (non-hydrogen) atoms. The number of benzene rings is 1. The van der Waals surface area contributed by atoms with Gasteiger partial charge in [-0.1, -0.05) is 28.1 Å². The van der Waals surface area contributed by atoms with Crippen LogP contribution in [0.5, 0.6) is 0 Å². The van der Waals surface area contributed by atoms with Crippen molar-refractivity contribution in [3.8, 4) is 0 Å². The van der Waals surface area contributed by atoms with Crippen molar-refractivity contribution in [1.29, 1.82) is 0 Å². The fourth-order valence-electron chi connectivity index (χ4n) is 0.800. The molecule has 0 atom stereocenters. The van der Waals surface area contributed by atoms with Crippen molar-refractivity contribution in [2.45, 2.75) is 6.92 Å². The van der Waals surface area contributed by atoms with Crippen molar-refractivity contribution in [2.24, 2.45) is 0 Å². The van der Waals surface area contributed by atoms with Gasteiger partial charge >= 0.3 is 0 Å². The monoisotopic (exact) mass is 214 g/mol. The molecule has 58 valence electrons. The second-order valence-electron chi connectivity index (χ2n) is 2.44. The highest BCUT2D eigenvalue weighted by atomic mass is 79.9. The summed E-state index contributed by atoms with van der Waals surface area (Å²) < 4.78 is 13.5. The second kappa shape index (κ2) is 3.18. The van der Waals surface area contributed by atoms with Crippen LogP contribution in [0.3, 0.4) is 0 Å². The molecule has 0 N–H and O–H groups in total. The summed E-state index contributed by atoms with van der Waals surface area (Å²) in [5.41, 5.74) is 1.70. The SMILES string of the molecule is C=C(C)c1cc(F)cc(Br)c1. The van der Waals surface area contributed by atoms with Gasteiger partial charge in [-0.15, -0.1) is 0 Å². The summed E-state index contributed by atoms with van der Waals surface area (Å²) in [7, 11) is 0. The zero-order valence-electron chi connectivity index (χ0n) is 6.20. The second-order valence-corrected chi connectivity index (χ2v) is 3.35. The predicted molar refractivity (Wildman–Crippen MR) is 48.8 cm³/mol. The van der Waals surface area contributed by atoms with E-state index in [1.54, 1.807) is 0 Å². The quantitative estimate of drug-likeness (QED) is 0.671. The van der Waals surface area contributed by atoms with Crippen molar-refractivity contribution in [3.05, 3.63) is 40.6 Å². The maximum atomic E-state index is 12.7. The molecule has 0 unspecified atom stereocenters. The fourth-order valence-corrected chi connectivity index (χ4v) is 1.27. The van der Waals surface area contributed by atoms with Gasteiger partial charge in [0.1, 0.15) is 5.82 Å². The Morgan fingerprint density at radius 1 is 1.45 bits per heavy atom. The Morgan fingerprint density at radius 2 is 2.09 bits per heavy atom. The van der Waals surface area contributed by atoms with Gasteiger partial charge in [-0.05, 0) is 30.7 Å². The minimum Gasteiger partial charge on any atom is -0.207 e. The molecule has 1 aromatic rings. The van der Waals surface area contributed by atoms with E-state index in [9.17, 15) is 4.39 Å². The number of rotatable bonds is 1. The summed E-state index contributed by atoms with van der Waals surface area (Å²) in [4.78, 5) is 0. The number of halogens is 2. The highest BCUT2D eigenvalue weighted by Crippen LogP contribution is 2.19. The standard InChI is InChI=1S/C9H8BrF/c1-6(2)7-3-8(10)5-9(11)4-7/h3-5H,1H2,2H3. The van der Waals surface area contributed by atoms with Gasteiger partial charge in [0, 0.05) is 4.47 Å². The van der Waals surface area contributed by atoms with Crippen LogP contribution >= 0.6 is 15.9 Å². The van der Waals surface area contributed by atoms with Gasteiger partial charge in [0.25, 0.3) is 0 Å². The molecule has 0 aliphatic heterocycles. The average Bonchev–Trinajstić information content (AvgIpc) is 1.85. The van der Waals surface area contributed by atoms with Gasteiger partial charge in [-0.2, -0.15) is 0 Å². The van der Waals surface area contributed by atoms with Crippen LogP contribution < -0.4 is 0 Å². The minimum absolute atomic E-state index is 0.239. The van der Waals surface area contributed by atoms with Crippen LogP contribution in [0.4, 0.5) is 4.39 Å². The van der Waals surface area contributed by atoms with Crippen molar-refractivity contribution in [3.63, 3.8) is 0 Å². The molecule has 0 heterocycles. The van der Waals surface area contributed by atoms with Crippen LogP contribution in [-0.4, -0.2) is 0 Å². The van der Waals surface area contributed by atoms with E-state index in [4.69, 9.17) is 0 Å². The summed E-state index contributed by atoms with van der Waals surface area (Å²) in [5.74, 6) is -0.239. The molecule has 0 fully saturated rings. The molecule has 0 nitrogen and oxygen atoms in total. The molecular formula is C9H8BrF. The minimum atomic E-state index is -0.239. The maximum absolute atomic E-state index is 12.7. The van der Waals surface area contributed by atoms with Crippen LogP contribution in [0, 0.1) is 5.82 Å². The highest BCUT2D eigenvalue weighted by molar-refractivity contribution is 9.10. The molecule has 0 spiro atoms. The molecular weight excluding hydrogens is 207 g/mol. The lowest BCUT2D eigenvalue weighted by Crippen LogP contribution is -1.81. The lowest BCUT2D eigenvalue weighted by molar-refractivity contribution is 0.626. The molecule has 0 radical (unpaired) electrons. The van der Waals surface area contributed by atoms with Crippen LogP contribution in [0.1, 0.15) is 12.5 Å². The summed E-state index contributed by atoms with van der Waals surface area (Å²) in [6.45, 7) is 5.57. The summed E-state index contributed by atoms with van der Waals surface area (Å²) in [6.07, 6.45) is 0. The van der Waals surface area contributed by atoms with E-state index in [2.05, 4.69) is 22.5 Å². The molecule has 0 amide bonds. The molecule has 0 saturated heterocycles. The first-order valence-corrected chi connectivity index (χ1v) is 4.01. The summed E-state index contributed by atoms with van der Waals surface area (Å²) >= 11 is 3.20. The zero-order valence-corrected chi connectivity index (χ0v) is 7.78. The summed E-state index contributed by atoms with van der Waals surface area (Å²) in [6, 6.07) is 4.73. The smallest absolute Gasteiger partial charge is 0.124 e. The third kappa shape index (κ3) is 2.15. The third-order valence-corrected chi connectivity index (χ3v) is 1.81.